The van der Waals surface area contributed by atoms with Crippen LogP contribution in [0.2, 0.25) is 0 Å². The number of nitrogens with zero attached hydrogens (tertiary/aromatic N) is 1. The van der Waals surface area contributed by atoms with Gasteiger partial charge in [0, 0.05) is 24.2 Å². The van der Waals surface area contributed by atoms with Crippen LogP contribution in [0, 0.1) is 5.82 Å². The molecule has 0 aromatic heterocycles. The van der Waals surface area contributed by atoms with Gasteiger partial charge in [-0.25, -0.2) is 4.39 Å². The van der Waals surface area contributed by atoms with Crippen molar-refractivity contribution in [3.63, 3.8) is 0 Å². The Bertz CT molecular complexity index is 447. The molecule has 5 heteroatoms. The summed E-state index contributed by atoms with van der Waals surface area (Å²) in [5, 5.41) is 0. The van der Waals surface area contributed by atoms with Crippen LogP contribution < -0.4 is 5.73 Å². The minimum atomic E-state index is -0.386. The number of nitrogens with two attached hydrogens (primary N) is 1. The van der Waals surface area contributed by atoms with Crippen molar-refractivity contribution in [2.75, 3.05) is 26.3 Å². The predicted molar refractivity (Wildman–Crippen MR) is 77.5 cm³/mol. The smallest absolute Gasteiger partial charge is 0.142 e. The highest BCUT2D eigenvalue weighted by atomic mass is 79.9. The third kappa shape index (κ3) is 2.99. The number of hydrogen-bond acceptors (Lipinski definition) is 3. The number of morpholine rings is 1. The minimum absolute atomic E-state index is 0.267. The van der Waals surface area contributed by atoms with Gasteiger partial charge >= 0.3 is 0 Å². The summed E-state index contributed by atoms with van der Waals surface area (Å²) in [6.07, 6.45) is 0. The number of benzene rings is 1. The third-order valence-electron chi connectivity index (χ3n) is 3.90. The average Bonchev–Trinajstić information content (AvgIpc) is 2.42. The Morgan fingerprint density at radius 3 is 2.63 bits per heavy atom. The Hall–Kier alpha value is -0.490. The second kappa shape index (κ2) is 5.87. The van der Waals surface area contributed by atoms with E-state index in [0.717, 1.165) is 13.1 Å². The summed E-state index contributed by atoms with van der Waals surface area (Å²) in [4.78, 5) is 2.27. The van der Waals surface area contributed by atoms with Crippen molar-refractivity contribution < 1.29 is 9.13 Å². The standard InChI is InChI=1S/C14H20BrFN2O/c1-14(2,18-6-8-19-9-7-18)13(17)10-4-3-5-11(15)12(10)16/h3-5,13H,6-9,17H2,1-2H3. The van der Waals surface area contributed by atoms with Crippen molar-refractivity contribution in [3.05, 3.63) is 34.1 Å². The topological polar surface area (TPSA) is 38.5 Å². The lowest BCUT2D eigenvalue weighted by atomic mass is 9.87. The highest BCUT2D eigenvalue weighted by Crippen LogP contribution is 2.33. The second-order valence-corrected chi connectivity index (χ2v) is 6.23. The molecule has 0 amide bonds. The summed E-state index contributed by atoms with van der Waals surface area (Å²) in [5.41, 5.74) is 6.56. The molecule has 1 heterocycles. The van der Waals surface area contributed by atoms with Crippen molar-refractivity contribution in [2.24, 2.45) is 5.73 Å². The monoisotopic (exact) mass is 330 g/mol. The lowest BCUT2D eigenvalue weighted by Crippen LogP contribution is -2.55. The number of hydrogen-bond donors (Lipinski definition) is 1. The van der Waals surface area contributed by atoms with Gasteiger partial charge in [-0.3, -0.25) is 4.90 Å². The van der Waals surface area contributed by atoms with Gasteiger partial charge in [-0.15, -0.1) is 0 Å². The Kier molecular flexibility index (Phi) is 4.61. The molecule has 0 saturated carbocycles. The molecule has 1 unspecified atom stereocenters. The zero-order valence-electron chi connectivity index (χ0n) is 11.3. The molecule has 1 aliphatic heterocycles. The van der Waals surface area contributed by atoms with E-state index in [1.165, 1.54) is 0 Å². The SMILES string of the molecule is CC(C)(C(N)c1cccc(Br)c1F)N1CCOCC1. The molecule has 1 aliphatic rings. The van der Waals surface area contributed by atoms with E-state index in [1.807, 2.05) is 6.07 Å². The molecule has 2 N–H and O–H groups in total. The fraction of sp³-hybridized carbons (Fsp3) is 0.571. The Morgan fingerprint density at radius 2 is 2.00 bits per heavy atom. The third-order valence-corrected chi connectivity index (χ3v) is 4.52. The molecule has 3 nitrogen and oxygen atoms in total. The summed E-state index contributed by atoms with van der Waals surface area (Å²) < 4.78 is 20.0. The molecule has 2 rings (SSSR count). The van der Waals surface area contributed by atoms with E-state index in [2.05, 4.69) is 34.7 Å². The highest BCUT2D eigenvalue weighted by molar-refractivity contribution is 9.10. The molecule has 19 heavy (non-hydrogen) atoms. The summed E-state index contributed by atoms with van der Waals surface area (Å²) in [6.45, 7) is 7.19. The first-order valence-corrected chi connectivity index (χ1v) is 7.26. The molecule has 1 saturated heterocycles. The Labute approximate surface area is 122 Å². The van der Waals surface area contributed by atoms with Crippen molar-refractivity contribution in [1.29, 1.82) is 0 Å². The van der Waals surface area contributed by atoms with E-state index in [1.54, 1.807) is 12.1 Å². The van der Waals surface area contributed by atoms with Crippen LogP contribution in [0.25, 0.3) is 0 Å². The van der Waals surface area contributed by atoms with Crippen molar-refractivity contribution in [3.8, 4) is 0 Å². The van der Waals surface area contributed by atoms with Crippen LogP contribution in [0.1, 0.15) is 25.5 Å². The zero-order chi connectivity index (χ0) is 14.0. The number of rotatable bonds is 3. The van der Waals surface area contributed by atoms with Crippen LogP contribution in [-0.2, 0) is 4.74 Å². The predicted octanol–water partition coefficient (Wildman–Crippen LogP) is 2.70. The quantitative estimate of drug-likeness (QED) is 0.926. The zero-order valence-corrected chi connectivity index (χ0v) is 12.9. The van der Waals surface area contributed by atoms with Crippen molar-refractivity contribution in [2.45, 2.75) is 25.4 Å². The van der Waals surface area contributed by atoms with Gasteiger partial charge in [-0.2, -0.15) is 0 Å². The first kappa shape index (κ1) is 14.9. The van der Waals surface area contributed by atoms with Gasteiger partial charge in [0.15, 0.2) is 0 Å². The number of ether oxygens (including phenoxy) is 1. The molecule has 1 aromatic rings. The molecule has 1 fully saturated rings. The van der Waals surface area contributed by atoms with Crippen LogP contribution in [0.15, 0.2) is 22.7 Å². The molecule has 106 valence electrons. The first-order valence-electron chi connectivity index (χ1n) is 6.47. The van der Waals surface area contributed by atoms with Crippen LogP contribution in [0.3, 0.4) is 0 Å². The summed E-state index contributed by atoms with van der Waals surface area (Å²) in [7, 11) is 0. The van der Waals surface area contributed by atoms with Crippen molar-refractivity contribution in [1.82, 2.24) is 4.90 Å². The fourth-order valence-corrected chi connectivity index (χ4v) is 2.86. The van der Waals surface area contributed by atoms with E-state index in [-0.39, 0.29) is 17.4 Å². The van der Waals surface area contributed by atoms with E-state index < -0.39 is 0 Å². The fourth-order valence-electron chi connectivity index (χ4n) is 2.48. The van der Waals surface area contributed by atoms with E-state index in [9.17, 15) is 4.39 Å². The highest BCUT2D eigenvalue weighted by Gasteiger charge is 2.36. The van der Waals surface area contributed by atoms with Gasteiger partial charge in [0.1, 0.15) is 5.82 Å². The number of halogens is 2. The van der Waals surface area contributed by atoms with Crippen LogP contribution in [-0.4, -0.2) is 36.7 Å². The van der Waals surface area contributed by atoms with Gasteiger partial charge in [0.2, 0.25) is 0 Å². The molecule has 0 bridgehead atoms. The molecular formula is C14H20BrFN2O. The van der Waals surface area contributed by atoms with Crippen LogP contribution >= 0.6 is 15.9 Å². The van der Waals surface area contributed by atoms with Gasteiger partial charge in [0.05, 0.1) is 23.7 Å². The van der Waals surface area contributed by atoms with E-state index >= 15 is 0 Å². The summed E-state index contributed by atoms with van der Waals surface area (Å²) in [6, 6.07) is 4.88. The molecule has 1 atom stereocenters. The molecule has 0 aliphatic carbocycles. The summed E-state index contributed by atoms with van der Waals surface area (Å²) >= 11 is 3.21. The Morgan fingerprint density at radius 1 is 1.37 bits per heavy atom. The average molecular weight is 331 g/mol. The van der Waals surface area contributed by atoms with Gasteiger partial charge in [0.25, 0.3) is 0 Å². The van der Waals surface area contributed by atoms with Gasteiger partial charge in [-0.05, 0) is 35.8 Å². The van der Waals surface area contributed by atoms with Crippen LogP contribution in [0.4, 0.5) is 4.39 Å². The minimum Gasteiger partial charge on any atom is -0.379 e. The lowest BCUT2D eigenvalue weighted by Gasteiger charge is -2.44. The molecule has 1 aromatic carbocycles. The largest absolute Gasteiger partial charge is 0.379 e. The maximum absolute atomic E-state index is 14.2. The van der Waals surface area contributed by atoms with Crippen LogP contribution in [0.5, 0.6) is 0 Å². The van der Waals surface area contributed by atoms with E-state index in [0.29, 0.717) is 23.2 Å². The summed E-state index contributed by atoms with van der Waals surface area (Å²) in [5.74, 6) is -0.267. The first-order chi connectivity index (χ1) is 8.94. The second-order valence-electron chi connectivity index (χ2n) is 5.37. The normalized spacial score (nSPS) is 19.4. The molecular weight excluding hydrogens is 311 g/mol. The Balaban J connectivity index is 2.26. The maximum atomic E-state index is 14.2. The molecule has 0 radical (unpaired) electrons. The lowest BCUT2D eigenvalue weighted by molar-refractivity contribution is -0.0194. The maximum Gasteiger partial charge on any atom is 0.142 e. The van der Waals surface area contributed by atoms with Crippen molar-refractivity contribution >= 4 is 15.9 Å². The van der Waals surface area contributed by atoms with Gasteiger partial charge < -0.3 is 10.5 Å². The van der Waals surface area contributed by atoms with Gasteiger partial charge in [-0.1, -0.05) is 12.1 Å². The molecule has 0 spiro atoms. The van der Waals surface area contributed by atoms with E-state index in [4.69, 9.17) is 10.5 Å².